The number of unbranched alkanes of at least 4 members (excludes halogenated alkanes) is 1. The molecule has 0 spiro atoms. The van der Waals surface area contributed by atoms with Gasteiger partial charge in [0, 0.05) is 6.54 Å². The van der Waals surface area contributed by atoms with E-state index >= 15 is 0 Å². The number of ether oxygens (including phenoxy) is 1. The smallest absolute Gasteiger partial charge is 0.423 e. The third-order valence-electron chi connectivity index (χ3n) is 2.48. The molecule has 18 heavy (non-hydrogen) atoms. The highest BCUT2D eigenvalue weighted by atomic mass is 32.2. The van der Waals surface area contributed by atoms with Crippen molar-refractivity contribution in [2.75, 3.05) is 18.9 Å². The number of hydrogen-bond acceptors (Lipinski definition) is 4. The van der Waals surface area contributed by atoms with Gasteiger partial charge in [0.25, 0.3) is 0 Å². The molecule has 0 saturated heterocycles. The van der Waals surface area contributed by atoms with Crippen molar-refractivity contribution in [1.29, 1.82) is 0 Å². The van der Waals surface area contributed by atoms with Crippen LogP contribution in [0.4, 0.5) is 4.79 Å². The van der Waals surface area contributed by atoms with Crippen molar-refractivity contribution in [3.05, 3.63) is 0 Å². The van der Waals surface area contributed by atoms with Crippen molar-refractivity contribution in [2.24, 2.45) is 5.92 Å². The van der Waals surface area contributed by atoms with Gasteiger partial charge in [-0.2, -0.15) is 0 Å². The summed E-state index contributed by atoms with van der Waals surface area (Å²) >= 11 is 0. The molecule has 5 nitrogen and oxygen atoms in total. The van der Waals surface area contributed by atoms with Crippen LogP contribution in [0.3, 0.4) is 0 Å². The molecule has 0 aliphatic rings. The number of nitrogens with zero attached hydrogens (tertiary/aromatic N) is 1. The molecule has 0 rings (SSSR count). The molecule has 0 aliphatic heterocycles. The van der Waals surface area contributed by atoms with Crippen LogP contribution in [-0.2, 0) is 14.8 Å². The Bertz CT molecular complexity index is 338. The molecule has 0 fully saturated rings. The number of hydrogen-bond donors (Lipinski definition) is 0. The van der Waals surface area contributed by atoms with Crippen molar-refractivity contribution in [3.63, 3.8) is 0 Å². The molecule has 0 radical (unpaired) electrons. The van der Waals surface area contributed by atoms with Crippen LogP contribution < -0.4 is 0 Å². The van der Waals surface area contributed by atoms with Crippen LogP contribution in [0.1, 0.15) is 47.0 Å². The summed E-state index contributed by atoms with van der Waals surface area (Å²) in [5, 5.41) is 0. The molecular formula is C12H25NO4S. The first kappa shape index (κ1) is 17.2. The Morgan fingerprint density at radius 2 is 1.89 bits per heavy atom. The molecule has 0 unspecified atom stereocenters. The van der Waals surface area contributed by atoms with Gasteiger partial charge >= 0.3 is 6.09 Å². The van der Waals surface area contributed by atoms with Crippen molar-refractivity contribution < 1.29 is 17.9 Å². The van der Waals surface area contributed by atoms with Crippen LogP contribution in [0, 0.1) is 5.92 Å². The van der Waals surface area contributed by atoms with Crippen LogP contribution in [0.2, 0.25) is 0 Å². The van der Waals surface area contributed by atoms with Gasteiger partial charge in [0.1, 0.15) is 0 Å². The standard InChI is InChI=1S/C12H25NO4S/c1-5-7-9-13(12(14)17-6-2)18(15,16)10-8-11(3)4/h11H,5-10H2,1-4H3. The van der Waals surface area contributed by atoms with E-state index in [1.807, 2.05) is 20.8 Å². The van der Waals surface area contributed by atoms with Crippen molar-refractivity contribution in [2.45, 2.75) is 47.0 Å². The van der Waals surface area contributed by atoms with E-state index in [9.17, 15) is 13.2 Å². The Hall–Kier alpha value is -0.780. The summed E-state index contributed by atoms with van der Waals surface area (Å²) in [4.78, 5) is 11.7. The summed E-state index contributed by atoms with van der Waals surface area (Å²) < 4.78 is 29.8. The number of rotatable bonds is 8. The normalized spacial score (nSPS) is 11.6. The Morgan fingerprint density at radius 1 is 1.28 bits per heavy atom. The summed E-state index contributed by atoms with van der Waals surface area (Å²) in [5.74, 6) is 0.280. The SMILES string of the molecule is CCCCN(C(=O)OCC)S(=O)(=O)CCC(C)C. The minimum absolute atomic E-state index is 0.00675. The van der Waals surface area contributed by atoms with Gasteiger partial charge < -0.3 is 4.74 Å². The second kappa shape index (κ2) is 8.34. The molecule has 1 amide bonds. The molecule has 0 heterocycles. The number of sulfonamides is 1. The Kier molecular flexibility index (Phi) is 7.98. The van der Waals surface area contributed by atoms with Gasteiger partial charge in [0.05, 0.1) is 12.4 Å². The molecule has 0 atom stereocenters. The monoisotopic (exact) mass is 279 g/mol. The number of amides is 1. The van der Waals surface area contributed by atoms with Crippen molar-refractivity contribution in [1.82, 2.24) is 4.31 Å². The van der Waals surface area contributed by atoms with Gasteiger partial charge in [-0.05, 0) is 25.7 Å². The van der Waals surface area contributed by atoms with Crippen LogP contribution >= 0.6 is 0 Å². The average molecular weight is 279 g/mol. The number of carbonyl (C=O) groups is 1. The van der Waals surface area contributed by atoms with Gasteiger partial charge in [-0.1, -0.05) is 27.2 Å². The largest absolute Gasteiger partial charge is 0.449 e. The maximum atomic E-state index is 12.1. The summed E-state index contributed by atoms with van der Waals surface area (Å²) in [6.45, 7) is 7.91. The Balaban J connectivity index is 4.75. The lowest BCUT2D eigenvalue weighted by Gasteiger charge is -2.21. The van der Waals surface area contributed by atoms with Gasteiger partial charge in [-0.3, -0.25) is 0 Å². The van der Waals surface area contributed by atoms with E-state index in [0.717, 1.165) is 10.7 Å². The maximum absolute atomic E-state index is 12.1. The highest BCUT2D eigenvalue weighted by molar-refractivity contribution is 7.89. The van der Waals surface area contributed by atoms with E-state index in [0.29, 0.717) is 12.8 Å². The van der Waals surface area contributed by atoms with Gasteiger partial charge in [-0.25, -0.2) is 17.5 Å². The topological polar surface area (TPSA) is 63.7 Å². The predicted molar refractivity (Wildman–Crippen MR) is 71.9 cm³/mol. The van der Waals surface area contributed by atoms with Crippen LogP contribution in [0.15, 0.2) is 0 Å². The van der Waals surface area contributed by atoms with E-state index in [1.165, 1.54) is 0 Å². The molecule has 0 saturated carbocycles. The van der Waals surface area contributed by atoms with Crippen molar-refractivity contribution in [3.8, 4) is 0 Å². The van der Waals surface area contributed by atoms with E-state index in [1.54, 1.807) is 6.92 Å². The zero-order chi connectivity index (χ0) is 14.2. The molecule has 0 aromatic rings. The Labute approximate surface area is 111 Å². The summed E-state index contributed by atoms with van der Waals surface area (Å²) in [7, 11) is -3.55. The average Bonchev–Trinajstić information content (AvgIpc) is 2.27. The third kappa shape index (κ3) is 6.23. The van der Waals surface area contributed by atoms with Gasteiger partial charge in [-0.15, -0.1) is 0 Å². The van der Waals surface area contributed by atoms with E-state index in [2.05, 4.69) is 0 Å². The fourth-order valence-corrected chi connectivity index (χ4v) is 3.01. The molecule has 0 bridgehead atoms. The van der Waals surface area contributed by atoms with Crippen LogP contribution in [0.25, 0.3) is 0 Å². The first-order valence-corrected chi connectivity index (χ1v) is 8.13. The Morgan fingerprint density at radius 3 is 2.33 bits per heavy atom. The molecular weight excluding hydrogens is 254 g/mol. The third-order valence-corrected chi connectivity index (χ3v) is 4.23. The van der Waals surface area contributed by atoms with Crippen LogP contribution in [-0.4, -0.2) is 37.7 Å². The van der Waals surface area contributed by atoms with E-state index in [-0.39, 0.29) is 24.8 Å². The number of carbonyl (C=O) groups excluding carboxylic acids is 1. The fourth-order valence-electron chi connectivity index (χ4n) is 1.34. The summed E-state index contributed by atoms with van der Waals surface area (Å²) in [6, 6.07) is 0. The second-order valence-corrected chi connectivity index (χ2v) is 6.64. The summed E-state index contributed by atoms with van der Waals surface area (Å²) in [6.07, 6.45) is 1.27. The van der Waals surface area contributed by atoms with Crippen LogP contribution in [0.5, 0.6) is 0 Å². The summed E-state index contributed by atoms with van der Waals surface area (Å²) in [5.41, 5.74) is 0. The molecule has 0 aromatic heterocycles. The first-order chi connectivity index (χ1) is 8.35. The maximum Gasteiger partial charge on any atom is 0.423 e. The fraction of sp³-hybridized carbons (Fsp3) is 0.917. The minimum atomic E-state index is -3.55. The molecule has 108 valence electrons. The molecule has 0 N–H and O–H groups in total. The lowest BCUT2D eigenvalue weighted by atomic mass is 10.2. The van der Waals surface area contributed by atoms with Gasteiger partial charge in [0.2, 0.25) is 10.0 Å². The van der Waals surface area contributed by atoms with Crippen molar-refractivity contribution >= 4 is 16.1 Å². The zero-order valence-electron chi connectivity index (χ0n) is 11.8. The van der Waals surface area contributed by atoms with E-state index in [4.69, 9.17) is 4.74 Å². The minimum Gasteiger partial charge on any atom is -0.449 e. The predicted octanol–water partition coefficient (Wildman–Crippen LogP) is 2.62. The lowest BCUT2D eigenvalue weighted by molar-refractivity contribution is 0.130. The molecule has 6 heteroatoms. The lowest BCUT2D eigenvalue weighted by Crippen LogP contribution is -2.39. The second-order valence-electron chi connectivity index (χ2n) is 4.62. The highest BCUT2D eigenvalue weighted by Crippen LogP contribution is 2.11. The van der Waals surface area contributed by atoms with Gasteiger partial charge in [0.15, 0.2) is 0 Å². The quantitative estimate of drug-likeness (QED) is 0.685. The zero-order valence-corrected chi connectivity index (χ0v) is 12.6. The first-order valence-electron chi connectivity index (χ1n) is 6.52. The van der Waals surface area contributed by atoms with E-state index < -0.39 is 16.1 Å². The molecule has 0 aromatic carbocycles. The molecule has 0 aliphatic carbocycles. The highest BCUT2D eigenvalue weighted by Gasteiger charge is 2.27.